The molecule has 0 spiro atoms. The molecule has 0 aliphatic carbocycles. The third-order valence-electron chi connectivity index (χ3n) is 6.08. The Kier molecular flexibility index (Phi) is 29.1. The summed E-state index contributed by atoms with van der Waals surface area (Å²) in [6.45, 7) is 29.1. The van der Waals surface area contributed by atoms with Gasteiger partial charge in [0.15, 0.2) is 0 Å². The highest BCUT2D eigenvalue weighted by atomic mass is 14.8. The first kappa shape index (κ1) is 38.8. The van der Waals surface area contributed by atoms with Gasteiger partial charge >= 0.3 is 0 Å². The van der Waals surface area contributed by atoms with Crippen LogP contribution in [0.2, 0.25) is 0 Å². The summed E-state index contributed by atoms with van der Waals surface area (Å²) in [6.07, 6.45) is 8.30. The molecule has 2 aromatic rings. The molecule has 1 nitrogen and oxygen atoms in total. The smallest absolute Gasteiger partial charge is 0.0337 e. The van der Waals surface area contributed by atoms with Crippen molar-refractivity contribution in [3.8, 4) is 0 Å². The fourth-order valence-corrected chi connectivity index (χ4v) is 3.02. The highest BCUT2D eigenvalue weighted by Gasteiger charge is 2.00. The van der Waals surface area contributed by atoms with Crippen molar-refractivity contribution < 1.29 is 0 Å². The largest absolute Gasteiger partial charge is 0.388 e. The Bertz CT molecular complexity index is 823. The lowest BCUT2D eigenvalue weighted by Crippen LogP contribution is -1.91. The van der Waals surface area contributed by atoms with E-state index in [0.29, 0.717) is 5.92 Å². The van der Waals surface area contributed by atoms with Crippen LogP contribution >= 0.6 is 0 Å². The first-order valence-electron chi connectivity index (χ1n) is 14.1. The van der Waals surface area contributed by atoms with E-state index in [-0.39, 0.29) is 0 Å². The van der Waals surface area contributed by atoms with Crippen molar-refractivity contribution in [2.45, 2.75) is 100 Å². The third-order valence-corrected chi connectivity index (χ3v) is 6.08. The SMILES string of the molecule is C=C.C=C=C(C)C/C(=C/CC(C)CC)CC.CC.CCC(C)c1ccccc1.CNc1ccc(C)cc1. The van der Waals surface area contributed by atoms with Crippen LogP contribution in [0.4, 0.5) is 5.69 Å². The van der Waals surface area contributed by atoms with E-state index in [2.05, 4.69) is 140 Å². The second-order valence-corrected chi connectivity index (χ2v) is 8.93. The summed E-state index contributed by atoms with van der Waals surface area (Å²) in [7, 11) is 1.92. The van der Waals surface area contributed by atoms with Gasteiger partial charge in [0.1, 0.15) is 0 Å². The molecule has 0 radical (unpaired) electrons. The van der Waals surface area contributed by atoms with Crippen molar-refractivity contribution in [1.82, 2.24) is 0 Å². The van der Waals surface area contributed by atoms with Gasteiger partial charge in [-0.3, -0.25) is 0 Å². The minimum atomic E-state index is 0.709. The maximum Gasteiger partial charge on any atom is 0.0337 e. The summed E-state index contributed by atoms with van der Waals surface area (Å²) in [4.78, 5) is 0. The van der Waals surface area contributed by atoms with Gasteiger partial charge in [0.25, 0.3) is 0 Å². The molecular weight excluding hydrogens is 446 g/mol. The predicted octanol–water partition coefficient (Wildman–Crippen LogP) is 11.9. The molecule has 2 rings (SSSR count). The molecular formula is C36H59N. The van der Waals surface area contributed by atoms with Crippen molar-refractivity contribution in [3.63, 3.8) is 0 Å². The van der Waals surface area contributed by atoms with Crippen LogP contribution < -0.4 is 5.32 Å². The quantitative estimate of drug-likeness (QED) is 0.264. The van der Waals surface area contributed by atoms with E-state index >= 15 is 0 Å². The van der Waals surface area contributed by atoms with Crippen LogP contribution in [0, 0.1) is 12.8 Å². The van der Waals surface area contributed by atoms with Crippen molar-refractivity contribution in [2.24, 2.45) is 5.92 Å². The van der Waals surface area contributed by atoms with Crippen LogP contribution in [0.5, 0.6) is 0 Å². The number of hydrogen-bond donors (Lipinski definition) is 1. The van der Waals surface area contributed by atoms with Gasteiger partial charge in [0, 0.05) is 12.7 Å². The number of rotatable bonds is 9. The number of nitrogens with one attached hydrogen (secondary N) is 1. The normalized spacial score (nSPS) is 11.1. The first-order chi connectivity index (χ1) is 17.8. The Morgan fingerprint density at radius 1 is 0.919 bits per heavy atom. The summed E-state index contributed by atoms with van der Waals surface area (Å²) in [5.74, 6) is 1.52. The lowest BCUT2D eigenvalue weighted by molar-refractivity contribution is 0.569. The first-order valence-corrected chi connectivity index (χ1v) is 14.1. The molecule has 0 saturated heterocycles. The van der Waals surface area contributed by atoms with Gasteiger partial charge in [0.05, 0.1) is 0 Å². The average molecular weight is 506 g/mol. The second kappa shape index (κ2) is 27.8. The van der Waals surface area contributed by atoms with Crippen molar-refractivity contribution in [3.05, 3.63) is 108 Å². The molecule has 0 amide bonds. The van der Waals surface area contributed by atoms with Gasteiger partial charge in [-0.15, -0.1) is 18.9 Å². The van der Waals surface area contributed by atoms with Gasteiger partial charge in [0.2, 0.25) is 0 Å². The zero-order chi connectivity index (χ0) is 29.1. The van der Waals surface area contributed by atoms with Crippen LogP contribution in [0.25, 0.3) is 0 Å². The third kappa shape index (κ3) is 22.2. The highest BCUT2D eigenvalue weighted by Crippen LogP contribution is 2.17. The molecule has 2 atom stereocenters. The van der Waals surface area contributed by atoms with E-state index in [4.69, 9.17) is 0 Å². The van der Waals surface area contributed by atoms with Crippen LogP contribution in [0.1, 0.15) is 105 Å². The Labute approximate surface area is 232 Å². The summed E-state index contributed by atoms with van der Waals surface area (Å²) < 4.78 is 0. The van der Waals surface area contributed by atoms with Gasteiger partial charge in [-0.25, -0.2) is 0 Å². The molecule has 0 aromatic heterocycles. The minimum absolute atomic E-state index is 0.709. The molecule has 0 aliphatic rings. The van der Waals surface area contributed by atoms with E-state index < -0.39 is 0 Å². The van der Waals surface area contributed by atoms with Gasteiger partial charge < -0.3 is 5.32 Å². The maximum absolute atomic E-state index is 3.67. The monoisotopic (exact) mass is 505 g/mol. The molecule has 0 heterocycles. The Morgan fingerprint density at radius 3 is 1.86 bits per heavy atom. The van der Waals surface area contributed by atoms with Gasteiger partial charge in [-0.2, -0.15) is 0 Å². The molecule has 1 heteroatoms. The lowest BCUT2D eigenvalue weighted by atomic mass is 9.99. The van der Waals surface area contributed by atoms with E-state index in [9.17, 15) is 0 Å². The predicted molar refractivity (Wildman–Crippen MR) is 174 cm³/mol. The van der Waals surface area contributed by atoms with E-state index in [1.54, 1.807) is 0 Å². The Balaban J connectivity index is -0.000000447. The minimum Gasteiger partial charge on any atom is -0.388 e. The molecule has 0 aliphatic heterocycles. The fraction of sp³-hybridized carbons (Fsp3) is 0.472. The highest BCUT2D eigenvalue weighted by molar-refractivity contribution is 5.43. The van der Waals surface area contributed by atoms with E-state index in [0.717, 1.165) is 18.8 Å². The number of anilines is 1. The zero-order valence-electron chi connectivity index (χ0n) is 26.1. The molecule has 208 valence electrons. The zero-order valence-corrected chi connectivity index (χ0v) is 26.1. The maximum atomic E-state index is 3.67. The summed E-state index contributed by atoms with van der Waals surface area (Å²) in [6, 6.07) is 18.9. The topological polar surface area (TPSA) is 12.0 Å². The Morgan fingerprint density at radius 2 is 1.46 bits per heavy atom. The van der Waals surface area contributed by atoms with E-state index in [1.165, 1.54) is 47.2 Å². The molecule has 2 aromatic carbocycles. The second-order valence-electron chi connectivity index (χ2n) is 8.93. The summed E-state index contributed by atoms with van der Waals surface area (Å²) >= 11 is 0. The molecule has 2 unspecified atom stereocenters. The molecule has 1 N–H and O–H groups in total. The van der Waals surface area contributed by atoms with Crippen LogP contribution in [-0.2, 0) is 0 Å². The average Bonchev–Trinajstić information content (AvgIpc) is 2.98. The summed E-state index contributed by atoms with van der Waals surface area (Å²) in [5, 5.41) is 3.05. The van der Waals surface area contributed by atoms with E-state index in [1.807, 2.05) is 20.9 Å². The lowest BCUT2D eigenvalue weighted by Gasteiger charge is -2.07. The molecule has 0 bridgehead atoms. The summed E-state index contributed by atoms with van der Waals surface area (Å²) in [5.41, 5.74) is 9.65. The van der Waals surface area contributed by atoms with Crippen molar-refractivity contribution in [1.29, 1.82) is 0 Å². The number of benzene rings is 2. The standard InChI is InChI=1S/C14H24.C10H14.C8H11N.C2H6.C2H4/c1-6-12(4)9-10-14(8-3)11-13(5)7-2;1-3-9(2)10-7-5-4-6-8-10;1-7-3-5-8(9-2)6-4-7;2*1-2/h10,12H,2,6,8-9,11H2,1,3-5H3;4-9H,3H2,1-2H3;3-6,9H,1-2H3;1-2H3;1-2H2/b14-10+;;;;. The van der Waals surface area contributed by atoms with Crippen LogP contribution in [0.3, 0.4) is 0 Å². The van der Waals surface area contributed by atoms with Crippen molar-refractivity contribution in [2.75, 3.05) is 12.4 Å². The fourth-order valence-electron chi connectivity index (χ4n) is 3.02. The van der Waals surface area contributed by atoms with Crippen molar-refractivity contribution >= 4 is 5.69 Å². The van der Waals surface area contributed by atoms with Gasteiger partial charge in [-0.05, 0) is 74.6 Å². The molecule has 0 saturated carbocycles. The number of hydrogen-bond acceptors (Lipinski definition) is 1. The van der Waals surface area contributed by atoms with Gasteiger partial charge in [-0.1, -0.05) is 121 Å². The van der Waals surface area contributed by atoms with Crippen LogP contribution in [-0.4, -0.2) is 7.05 Å². The Hall–Kier alpha value is -2.76. The molecule has 37 heavy (non-hydrogen) atoms. The molecule has 0 fully saturated rings. The number of aryl methyl sites for hydroxylation is 1. The van der Waals surface area contributed by atoms with Crippen LogP contribution in [0.15, 0.2) is 97.3 Å². The number of allylic oxidation sites excluding steroid dienone is 3.